The molecule has 0 amide bonds. The molecular formula is C27H32N2O4S. The molecule has 0 aliphatic heterocycles. The molecule has 180 valence electrons. The smallest absolute Gasteiger partial charge is 0.243 e. The van der Waals surface area contributed by atoms with Gasteiger partial charge < -0.3 is 14.5 Å². The van der Waals surface area contributed by atoms with Gasteiger partial charge in [0.05, 0.1) is 11.4 Å². The molecule has 0 aliphatic carbocycles. The summed E-state index contributed by atoms with van der Waals surface area (Å²) in [5.74, 6) is 0. The number of hydrogen-bond donors (Lipinski definition) is 1. The van der Waals surface area contributed by atoms with Gasteiger partial charge in [-0.25, -0.2) is 8.42 Å². The Labute approximate surface area is 201 Å². The molecule has 1 N–H and O–H groups in total. The Morgan fingerprint density at radius 3 is 2.26 bits per heavy atom. The van der Waals surface area contributed by atoms with E-state index in [1.54, 1.807) is 24.3 Å². The second kappa shape index (κ2) is 10.3. The van der Waals surface area contributed by atoms with Crippen molar-refractivity contribution in [1.29, 1.82) is 0 Å². The molecule has 0 radical (unpaired) electrons. The van der Waals surface area contributed by atoms with Crippen molar-refractivity contribution in [2.75, 3.05) is 19.8 Å². The van der Waals surface area contributed by atoms with E-state index in [2.05, 4.69) is 37.0 Å². The zero-order chi connectivity index (χ0) is 24.3. The number of sulfonamides is 1. The quantitative estimate of drug-likeness (QED) is 0.303. The predicted molar refractivity (Wildman–Crippen MR) is 136 cm³/mol. The van der Waals surface area contributed by atoms with E-state index in [9.17, 15) is 8.42 Å². The molecule has 4 aromatic rings. The Kier molecular flexibility index (Phi) is 7.38. The number of rotatable bonds is 10. The maximum Gasteiger partial charge on any atom is 0.243 e. The van der Waals surface area contributed by atoms with Crippen molar-refractivity contribution in [3.63, 3.8) is 0 Å². The number of nitrogens with zero attached hydrogens (tertiary/aromatic N) is 1. The number of nitrogens with one attached hydrogen (secondary N) is 1. The van der Waals surface area contributed by atoms with Crippen molar-refractivity contribution in [3.05, 3.63) is 77.4 Å². The number of aryl methyl sites for hydroxylation is 2. The van der Waals surface area contributed by atoms with Gasteiger partial charge in [0.25, 0.3) is 0 Å². The number of fused-ring (bicyclic) bond motifs is 3. The van der Waals surface area contributed by atoms with E-state index in [1.807, 2.05) is 32.0 Å². The summed E-state index contributed by atoms with van der Waals surface area (Å²) in [7, 11) is -3.78. The molecule has 0 aliphatic rings. The van der Waals surface area contributed by atoms with Crippen LogP contribution in [0.25, 0.3) is 21.8 Å². The first kappa shape index (κ1) is 24.4. The number of para-hydroxylation sites is 1. The van der Waals surface area contributed by atoms with Crippen LogP contribution >= 0.6 is 0 Å². The molecule has 0 fully saturated rings. The van der Waals surface area contributed by atoms with Crippen LogP contribution in [0.2, 0.25) is 0 Å². The van der Waals surface area contributed by atoms with Crippen LogP contribution in [0, 0.1) is 13.8 Å². The lowest BCUT2D eigenvalue weighted by Gasteiger charge is -2.27. The average Bonchev–Trinajstić information content (AvgIpc) is 3.23. The van der Waals surface area contributed by atoms with Gasteiger partial charge in [0.2, 0.25) is 10.0 Å². The molecule has 7 heteroatoms. The number of hydrogen-bond acceptors (Lipinski definition) is 4. The molecule has 3 aromatic carbocycles. The van der Waals surface area contributed by atoms with Gasteiger partial charge in [-0.2, -0.15) is 4.31 Å². The molecule has 1 aromatic heterocycles. The topological polar surface area (TPSA) is 71.6 Å². The second-order valence-electron chi connectivity index (χ2n) is 8.35. The highest BCUT2D eigenvalue weighted by Crippen LogP contribution is 2.33. The molecule has 4 rings (SSSR count). The summed E-state index contributed by atoms with van der Waals surface area (Å²) in [4.78, 5) is 3.77. The van der Waals surface area contributed by atoms with Crippen molar-refractivity contribution in [3.8, 4) is 0 Å². The van der Waals surface area contributed by atoms with Crippen LogP contribution in [0.1, 0.15) is 30.5 Å². The number of ether oxygens (including phenoxy) is 2. The van der Waals surface area contributed by atoms with Crippen molar-refractivity contribution < 1.29 is 17.9 Å². The Bertz CT molecular complexity index is 1370. The van der Waals surface area contributed by atoms with Gasteiger partial charge in [0, 0.05) is 41.6 Å². The Morgan fingerprint density at radius 1 is 0.941 bits per heavy atom. The summed E-state index contributed by atoms with van der Waals surface area (Å²) >= 11 is 0. The van der Waals surface area contributed by atoms with Crippen LogP contribution in [-0.2, 0) is 26.0 Å². The first-order valence-corrected chi connectivity index (χ1v) is 13.1. The van der Waals surface area contributed by atoms with Crippen molar-refractivity contribution >= 4 is 31.8 Å². The van der Waals surface area contributed by atoms with E-state index in [1.165, 1.54) is 4.31 Å². The van der Waals surface area contributed by atoms with Crippen LogP contribution < -0.4 is 0 Å². The van der Waals surface area contributed by atoms with Gasteiger partial charge >= 0.3 is 0 Å². The van der Waals surface area contributed by atoms with Gasteiger partial charge in [-0.05, 0) is 62.6 Å². The highest BCUT2D eigenvalue weighted by molar-refractivity contribution is 7.89. The van der Waals surface area contributed by atoms with E-state index in [0.29, 0.717) is 13.2 Å². The zero-order valence-corrected chi connectivity index (χ0v) is 21.0. The third-order valence-corrected chi connectivity index (χ3v) is 7.96. The second-order valence-corrected chi connectivity index (χ2v) is 10.3. The van der Waals surface area contributed by atoms with Gasteiger partial charge in [0.15, 0.2) is 6.29 Å². The molecule has 34 heavy (non-hydrogen) atoms. The first-order valence-electron chi connectivity index (χ1n) is 11.6. The fourth-order valence-corrected chi connectivity index (χ4v) is 5.89. The molecular weight excluding hydrogens is 448 g/mol. The highest BCUT2D eigenvalue weighted by Gasteiger charge is 2.29. The van der Waals surface area contributed by atoms with Gasteiger partial charge in [-0.15, -0.1) is 0 Å². The van der Waals surface area contributed by atoms with E-state index < -0.39 is 16.3 Å². The minimum atomic E-state index is -3.78. The predicted octanol–water partition coefficient (Wildman–Crippen LogP) is 5.53. The fraction of sp³-hybridized carbons (Fsp3) is 0.333. The zero-order valence-electron chi connectivity index (χ0n) is 20.2. The lowest BCUT2D eigenvalue weighted by Crippen LogP contribution is -2.39. The molecule has 0 atom stereocenters. The summed E-state index contributed by atoms with van der Waals surface area (Å²) in [6.45, 7) is 9.06. The molecule has 0 unspecified atom stereocenters. The standard InChI is InChI=1S/C27H32N2O4S/c1-5-32-25(33-6-2)18-29(34(30,31)22-12-8-7-9-13-22)17-21-16-19(3)27-26(20(21)4)23-14-10-11-15-24(23)28-27/h7-16,25,28H,5-6,17-18H2,1-4H3. The van der Waals surface area contributed by atoms with E-state index in [0.717, 1.165) is 38.5 Å². The summed E-state index contributed by atoms with van der Waals surface area (Å²) in [5, 5.41) is 2.27. The molecule has 6 nitrogen and oxygen atoms in total. The lowest BCUT2D eigenvalue weighted by atomic mass is 9.98. The summed E-state index contributed by atoms with van der Waals surface area (Å²) in [6.07, 6.45) is -0.647. The average molecular weight is 481 g/mol. The van der Waals surface area contributed by atoms with Crippen LogP contribution in [0.15, 0.2) is 65.6 Å². The minimum Gasteiger partial charge on any atom is -0.354 e. The number of aromatic amines is 1. The summed E-state index contributed by atoms with van der Waals surface area (Å²) in [6, 6.07) is 18.8. The molecule has 0 saturated carbocycles. The number of H-pyrrole nitrogens is 1. The van der Waals surface area contributed by atoms with E-state index >= 15 is 0 Å². The molecule has 0 bridgehead atoms. The van der Waals surface area contributed by atoms with Crippen LogP contribution in [-0.4, -0.2) is 43.8 Å². The normalized spacial score (nSPS) is 12.4. The largest absolute Gasteiger partial charge is 0.354 e. The summed E-state index contributed by atoms with van der Waals surface area (Å²) < 4.78 is 40.3. The van der Waals surface area contributed by atoms with E-state index in [-0.39, 0.29) is 18.0 Å². The molecule has 0 saturated heterocycles. The number of aromatic nitrogens is 1. The maximum atomic E-state index is 13.7. The third kappa shape index (κ3) is 4.74. The third-order valence-electron chi connectivity index (χ3n) is 6.13. The fourth-order valence-electron chi connectivity index (χ4n) is 4.46. The van der Waals surface area contributed by atoms with Gasteiger partial charge in [-0.3, -0.25) is 0 Å². The van der Waals surface area contributed by atoms with Crippen LogP contribution in [0.3, 0.4) is 0 Å². The maximum absolute atomic E-state index is 13.7. The first-order chi connectivity index (χ1) is 16.4. The van der Waals surface area contributed by atoms with Gasteiger partial charge in [0.1, 0.15) is 0 Å². The van der Waals surface area contributed by atoms with Crippen molar-refractivity contribution in [2.24, 2.45) is 0 Å². The van der Waals surface area contributed by atoms with Crippen LogP contribution in [0.5, 0.6) is 0 Å². The van der Waals surface area contributed by atoms with E-state index in [4.69, 9.17) is 9.47 Å². The Morgan fingerprint density at radius 2 is 1.59 bits per heavy atom. The minimum absolute atomic E-state index is 0.101. The number of benzene rings is 3. The van der Waals surface area contributed by atoms with Gasteiger partial charge in [-0.1, -0.05) is 42.5 Å². The Balaban J connectivity index is 1.81. The van der Waals surface area contributed by atoms with Crippen molar-refractivity contribution in [2.45, 2.75) is 45.4 Å². The van der Waals surface area contributed by atoms with Crippen molar-refractivity contribution in [1.82, 2.24) is 9.29 Å². The SMILES string of the molecule is CCOC(CN(Cc1cc(C)c2[nH]c3ccccc3c2c1C)S(=O)(=O)c1ccccc1)OCC. The van der Waals surface area contributed by atoms with Crippen LogP contribution in [0.4, 0.5) is 0 Å². The lowest BCUT2D eigenvalue weighted by molar-refractivity contribution is -0.140. The monoisotopic (exact) mass is 480 g/mol. The highest BCUT2D eigenvalue weighted by atomic mass is 32.2. The molecule has 1 heterocycles. The Hall–Kier alpha value is -2.71. The molecule has 0 spiro atoms. The summed E-state index contributed by atoms with van der Waals surface area (Å²) in [5.41, 5.74) is 5.26.